The quantitative estimate of drug-likeness (QED) is 0.302. The molecule has 0 atom stereocenters. The van der Waals surface area contributed by atoms with Gasteiger partial charge in [-0.2, -0.15) is 9.36 Å². The van der Waals surface area contributed by atoms with E-state index in [1.807, 2.05) is 0 Å². The van der Waals surface area contributed by atoms with E-state index in [1.165, 1.54) is 13.8 Å². The highest BCUT2D eigenvalue weighted by Gasteiger charge is 2.33. The fourth-order valence-corrected chi connectivity index (χ4v) is 2.29. The number of benzene rings is 1. The average molecular weight is 413 g/mol. The molecule has 9 nitrogen and oxygen atoms in total. The molecule has 0 saturated carbocycles. The lowest BCUT2D eigenvalue weighted by atomic mass is 10.1. The Hall–Kier alpha value is -2.72. The van der Waals surface area contributed by atoms with Crippen LogP contribution in [0.1, 0.15) is 25.2 Å². The number of halogens is 1. The van der Waals surface area contributed by atoms with Gasteiger partial charge in [0.05, 0.1) is 7.11 Å². The molecule has 2 aromatic rings. The lowest BCUT2D eigenvalue weighted by Gasteiger charge is -2.20. The van der Waals surface area contributed by atoms with Crippen molar-refractivity contribution in [3.8, 4) is 5.75 Å². The number of hydrogen-bond donors (Lipinski definition) is 1. The number of nitrogens with two attached hydrogens (primary N) is 1. The second-order valence-corrected chi connectivity index (χ2v) is 6.82. The molecular formula is C16H17ClN4O5S. The summed E-state index contributed by atoms with van der Waals surface area (Å²) in [5.41, 5.74) is 4.40. The van der Waals surface area contributed by atoms with Gasteiger partial charge in [-0.15, -0.1) is 0 Å². The van der Waals surface area contributed by atoms with Gasteiger partial charge in [-0.1, -0.05) is 17.3 Å². The molecule has 0 radical (unpaired) electrons. The molecule has 0 amide bonds. The molecule has 27 heavy (non-hydrogen) atoms. The highest BCUT2D eigenvalue weighted by atomic mass is 35.5. The van der Waals surface area contributed by atoms with Gasteiger partial charge in [-0.25, -0.2) is 4.79 Å². The first-order valence-electron chi connectivity index (χ1n) is 7.58. The Kier molecular flexibility index (Phi) is 6.70. The Morgan fingerprint density at radius 3 is 2.48 bits per heavy atom. The minimum Gasteiger partial charge on any atom is -0.497 e. The number of esters is 1. The highest BCUT2D eigenvalue weighted by Crippen LogP contribution is 2.17. The molecular weight excluding hydrogens is 396 g/mol. The summed E-state index contributed by atoms with van der Waals surface area (Å²) in [4.78, 5) is 32.8. The predicted molar refractivity (Wildman–Crippen MR) is 99.7 cm³/mol. The van der Waals surface area contributed by atoms with Crippen LogP contribution in [0.2, 0.25) is 0 Å². The summed E-state index contributed by atoms with van der Waals surface area (Å²) in [5.74, 6) is -0.0771. The predicted octanol–water partition coefficient (Wildman–Crippen LogP) is 2.14. The van der Waals surface area contributed by atoms with Gasteiger partial charge in [-0.3, -0.25) is 4.79 Å². The molecule has 0 unspecified atom stereocenters. The van der Waals surface area contributed by atoms with Crippen molar-refractivity contribution in [1.82, 2.24) is 9.36 Å². The van der Waals surface area contributed by atoms with Gasteiger partial charge in [0.2, 0.25) is 17.1 Å². The van der Waals surface area contributed by atoms with E-state index in [-0.39, 0.29) is 23.3 Å². The molecule has 2 N–H and O–H groups in total. The Morgan fingerprint density at radius 1 is 1.30 bits per heavy atom. The molecule has 2 rings (SSSR count). The fraction of sp³-hybridized carbons (Fsp3) is 0.312. The largest absolute Gasteiger partial charge is 0.497 e. The van der Waals surface area contributed by atoms with Gasteiger partial charge in [0.25, 0.3) is 5.24 Å². The fourth-order valence-electron chi connectivity index (χ4n) is 1.74. The second-order valence-electron chi connectivity index (χ2n) is 5.70. The van der Waals surface area contributed by atoms with Crippen LogP contribution >= 0.6 is 23.1 Å². The third-order valence-corrected chi connectivity index (χ3v) is 3.95. The first kappa shape index (κ1) is 20.6. The Labute approximate surface area is 164 Å². The normalized spacial score (nSPS) is 11.8. The molecule has 144 valence electrons. The molecule has 0 spiro atoms. The number of nitrogens with zero attached hydrogens (tertiary/aromatic N) is 3. The smallest absolute Gasteiger partial charge is 0.353 e. The van der Waals surface area contributed by atoms with E-state index in [9.17, 15) is 9.59 Å². The van der Waals surface area contributed by atoms with Gasteiger partial charge in [-0.05, 0) is 43.1 Å². The topological polar surface area (TPSA) is 126 Å². The summed E-state index contributed by atoms with van der Waals surface area (Å²) in [6.45, 7) is 2.91. The van der Waals surface area contributed by atoms with Crippen molar-refractivity contribution in [2.45, 2.75) is 26.1 Å². The van der Waals surface area contributed by atoms with Crippen LogP contribution in [-0.4, -0.2) is 39.0 Å². The molecule has 0 fully saturated rings. The molecule has 11 heteroatoms. The van der Waals surface area contributed by atoms with Crippen LogP contribution < -0.4 is 10.5 Å². The number of anilines is 1. The standard InChI is InChI=1S/C16H17ClN4O5S/c1-16(2,14(23)25-8-9-4-6-10(24-3)7-5-9)26-20-11(12(17)22)13-19-15(18)27-21-13/h4-7H,8H2,1-3H3,(H2,18,19,21)/b20-11+. The molecule has 0 aliphatic rings. The maximum Gasteiger partial charge on any atom is 0.353 e. The van der Waals surface area contributed by atoms with Crippen molar-refractivity contribution in [3.05, 3.63) is 35.7 Å². The van der Waals surface area contributed by atoms with E-state index >= 15 is 0 Å². The van der Waals surface area contributed by atoms with E-state index < -0.39 is 16.8 Å². The maximum absolute atomic E-state index is 12.3. The number of nitrogen functional groups attached to an aromatic ring is 1. The summed E-state index contributed by atoms with van der Waals surface area (Å²) >= 11 is 6.34. The van der Waals surface area contributed by atoms with Gasteiger partial charge < -0.3 is 20.0 Å². The summed E-state index contributed by atoms with van der Waals surface area (Å²) in [6, 6.07) is 7.03. The van der Waals surface area contributed by atoms with Crippen LogP contribution in [0, 0.1) is 0 Å². The Balaban J connectivity index is 2.02. The Morgan fingerprint density at radius 2 is 1.96 bits per heavy atom. The lowest BCUT2D eigenvalue weighted by Crippen LogP contribution is -2.35. The molecule has 1 aromatic carbocycles. The SMILES string of the molecule is COc1ccc(COC(=O)C(C)(C)O/N=C(\C(=O)Cl)c2nsc(N)n2)cc1. The van der Waals surface area contributed by atoms with E-state index in [1.54, 1.807) is 31.4 Å². The van der Waals surface area contributed by atoms with Crippen molar-refractivity contribution in [2.24, 2.45) is 5.16 Å². The number of ether oxygens (including phenoxy) is 2. The number of aromatic nitrogens is 2. The summed E-state index contributed by atoms with van der Waals surface area (Å²) in [5, 5.41) is 2.81. The van der Waals surface area contributed by atoms with E-state index in [4.69, 9.17) is 31.6 Å². The molecule has 1 heterocycles. The number of methoxy groups -OCH3 is 1. The minimum absolute atomic E-state index is 0.0325. The number of hydrogen-bond acceptors (Lipinski definition) is 10. The van der Waals surface area contributed by atoms with E-state index in [2.05, 4.69) is 14.5 Å². The maximum atomic E-state index is 12.3. The zero-order chi connectivity index (χ0) is 20.0. The number of rotatable bonds is 8. The van der Waals surface area contributed by atoms with Gasteiger partial charge in [0.1, 0.15) is 12.4 Å². The number of carbonyl (C=O) groups is 2. The summed E-state index contributed by atoms with van der Waals surface area (Å²) in [6.07, 6.45) is 0. The Bertz CT molecular complexity index is 851. The van der Waals surface area contributed by atoms with Crippen LogP contribution in [0.3, 0.4) is 0 Å². The van der Waals surface area contributed by atoms with Gasteiger partial charge >= 0.3 is 5.97 Å². The summed E-state index contributed by atoms with van der Waals surface area (Å²) < 4.78 is 14.1. The highest BCUT2D eigenvalue weighted by molar-refractivity contribution is 7.09. The number of oxime groups is 1. The molecule has 0 aliphatic carbocycles. The van der Waals surface area contributed by atoms with Crippen LogP contribution in [0.25, 0.3) is 0 Å². The summed E-state index contributed by atoms with van der Waals surface area (Å²) in [7, 11) is 1.56. The molecule has 1 aromatic heterocycles. The third-order valence-electron chi connectivity index (χ3n) is 3.23. The van der Waals surface area contributed by atoms with E-state index in [0.29, 0.717) is 5.75 Å². The lowest BCUT2D eigenvalue weighted by molar-refractivity contribution is -0.169. The van der Waals surface area contributed by atoms with Crippen LogP contribution in [-0.2, 0) is 25.8 Å². The molecule has 0 bridgehead atoms. The first-order chi connectivity index (χ1) is 12.7. The van der Waals surface area contributed by atoms with Crippen molar-refractivity contribution in [3.63, 3.8) is 0 Å². The van der Waals surface area contributed by atoms with Crippen LogP contribution in [0.5, 0.6) is 5.75 Å². The van der Waals surface area contributed by atoms with Crippen LogP contribution in [0.4, 0.5) is 5.13 Å². The third kappa shape index (κ3) is 5.63. The van der Waals surface area contributed by atoms with Crippen molar-refractivity contribution >= 4 is 45.2 Å². The minimum atomic E-state index is -1.48. The van der Waals surface area contributed by atoms with Gasteiger partial charge in [0, 0.05) is 11.5 Å². The first-order valence-corrected chi connectivity index (χ1v) is 8.74. The van der Waals surface area contributed by atoms with Crippen molar-refractivity contribution < 1.29 is 23.9 Å². The van der Waals surface area contributed by atoms with Crippen LogP contribution in [0.15, 0.2) is 29.4 Å². The molecule has 0 saturated heterocycles. The number of carbonyl (C=O) groups excluding carboxylic acids is 2. The molecule has 0 aliphatic heterocycles. The second kappa shape index (κ2) is 8.78. The van der Waals surface area contributed by atoms with Crippen molar-refractivity contribution in [2.75, 3.05) is 12.8 Å². The monoisotopic (exact) mass is 412 g/mol. The van der Waals surface area contributed by atoms with Crippen molar-refractivity contribution in [1.29, 1.82) is 0 Å². The zero-order valence-corrected chi connectivity index (χ0v) is 16.3. The zero-order valence-electron chi connectivity index (χ0n) is 14.8. The van der Waals surface area contributed by atoms with E-state index in [0.717, 1.165) is 17.1 Å². The van der Waals surface area contributed by atoms with Gasteiger partial charge in [0.15, 0.2) is 5.13 Å². The average Bonchev–Trinajstić information content (AvgIpc) is 3.05.